The largest absolute Gasteiger partial charge is 0.297 e. The molecular formula is C11H17NO. The number of carbonyl (C=O) groups excluding carboxylic acids is 1. The van der Waals surface area contributed by atoms with Crippen molar-refractivity contribution >= 4 is 5.78 Å². The highest BCUT2D eigenvalue weighted by atomic mass is 16.1. The van der Waals surface area contributed by atoms with Gasteiger partial charge in [-0.1, -0.05) is 27.7 Å². The summed E-state index contributed by atoms with van der Waals surface area (Å²) >= 11 is 0. The summed E-state index contributed by atoms with van der Waals surface area (Å²) in [6.45, 7) is 7.80. The van der Waals surface area contributed by atoms with Crippen LogP contribution in [0.15, 0.2) is 0 Å². The highest BCUT2D eigenvalue weighted by Gasteiger charge is 2.53. The van der Waals surface area contributed by atoms with Crippen LogP contribution in [0.5, 0.6) is 0 Å². The minimum atomic E-state index is -0.705. The van der Waals surface area contributed by atoms with Crippen molar-refractivity contribution in [2.75, 3.05) is 0 Å². The molecular weight excluding hydrogens is 162 g/mol. The molecule has 0 amide bonds. The molecule has 0 spiro atoms. The van der Waals surface area contributed by atoms with E-state index in [1.54, 1.807) is 0 Å². The standard InChI is InChI=1S/C11H17NO/c1-8(2)11(7-12)6-5-10(3,4)9(11)13/h8H,5-6H2,1-4H3. The van der Waals surface area contributed by atoms with Gasteiger partial charge in [0.15, 0.2) is 5.78 Å². The monoisotopic (exact) mass is 179 g/mol. The summed E-state index contributed by atoms with van der Waals surface area (Å²) < 4.78 is 0. The normalized spacial score (nSPS) is 32.2. The van der Waals surface area contributed by atoms with Crippen molar-refractivity contribution in [3.63, 3.8) is 0 Å². The fraction of sp³-hybridized carbons (Fsp3) is 0.818. The van der Waals surface area contributed by atoms with Crippen molar-refractivity contribution in [2.45, 2.75) is 40.5 Å². The summed E-state index contributed by atoms with van der Waals surface area (Å²) in [6, 6.07) is 2.23. The van der Waals surface area contributed by atoms with Crippen LogP contribution >= 0.6 is 0 Å². The van der Waals surface area contributed by atoms with Gasteiger partial charge in [-0.3, -0.25) is 4.79 Å². The molecule has 1 atom stereocenters. The average Bonchev–Trinajstić information content (AvgIpc) is 2.26. The first kappa shape index (κ1) is 10.2. The van der Waals surface area contributed by atoms with Gasteiger partial charge in [-0.15, -0.1) is 0 Å². The van der Waals surface area contributed by atoms with Gasteiger partial charge in [-0.05, 0) is 18.8 Å². The highest BCUT2D eigenvalue weighted by molar-refractivity contribution is 5.94. The molecule has 0 aliphatic heterocycles. The van der Waals surface area contributed by atoms with Crippen molar-refractivity contribution in [3.05, 3.63) is 0 Å². The van der Waals surface area contributed by atoms with Crippen molar-refractivity contribution in [1.29, 1.82) is 5.26 Å². The zero-order chi connectivity index (χ0) is 10.3. The minimum Gasteiger partial charge on any atom is -0.297 e. The molecule has 0 bridgehead atoms. The Hall–Kier alpha value is -0.840. The van der Waals surface area contributed by atoms with Crippen LogP contribution in [0.1, 0.15) is 40.5 Å². The molecule has 1 rings (SSSR count). The molecule has 0 aromatic carbocycles. The third-order valence-corrected chi connectivity index (χ3v) is 3.35. The summed E-state index contributed by atoms with van der Waals surface area (Å²) in [4.78, 5) is 12.0. The molecule has 1 fully saturated rings. The van der Waals surface area contributed by atoms with E-state index in [1.165, 1.54) is 0 Å². The lowest BCUT2D eigenvalue weighted by molar-refractivity contribution is -0.131. The molecule has 0 N–H and O–H groups in total. The average molecular weight is 179 g/mol. The van der Waals surface area contributed by atoms with E-state index in [0.717, 1.165) is 12.8 Å². The quantitative estimate of drug-likeness (QED) is 0.620. The Bertz CT molecular complexity index is 272. The fourth-order valence-electron chi connectivity index (χ4n) is 2.13. The van der Waals surface area contributed by atoms with E-state index >= 15 is 0 Å². The molecule has 72 valence electrons. The van der Waals surface area contributed by atoms with E-state index < -0.39 is 5.41 Å². The van der Waals surface area contributed by atoms with Gasteiger partial charge in [0.2, 0.25) is 0 Å². The van der Waals surface area contributed by atoms with Gasteiger partial charge >= 0.3 is 0 Å². The topological polar surface area (TPSA) is 40.9 Å². The Balaban J connectivity index is 3.09. The van der Waals surface area contributed by atoms with Gasteiger partial charge in [-0.2, -0.15) is 5.26 Å². The molecule has 2 heteroatoms. The summed E-state index contributed by atoms with van der Waals surface area (Å²) in [5, 5.41) is 9.12. The fourth-order valence-corrected chi connectivity index (χ4v) is 2.13. The van der Waals surface area contributed by atoms with Crippen LogP contribution in [0.4, 0.5) is 0 Å². The van der Waals surface area contributed by atoms with Crippen LogP contribution in [0.2, 0.25) is 0 Å². The van der Waals surface area contributed by atoms with Crippen LogP contribution < -0.4 is 0 Å². The summed E-state index contributed by atoms with van der Waals surface area (Å²) in [5.74, 6) is 0.268. The van der Waals surface area contributed by atoms with Gasteiger partial charge < -0.3 is 0 Å². The van der Waals surface area contributed by atoms with Crippen molar-refractivity contribution in [3.8, 4) is 6.07 Å². The third-order valence-electron chi connectivity index (χ3n) is 3.35. The molecule has 0 radical (unpaired) electrons. The molecule has 0 aromatic rings. The molecule has 0 heterocycles. The molecule has 1 aliphatic rings. The number of ketones is 1. The maximum absolute atomic E-state index is 12.0. The lowest BCUT2D eigenvalue weighted by Crippen LogP contribution is -2.35. The Morgan fingerprint density at radius 2 is 1.92 bits per heavy atom. The number of rotatable bonds is 1. The van der Waals surface area contributed by atoms with E-state index in [9.17, 15) is 4.79 Å². The number of hydrogen-bond donors (Lipinski definition) is 0. The maximum atomic E-state index is 12.0. The number of hydrogen-bond acceptors (Lipinski definition) is 2. The molecule has 1 unspecified atom stereocenters. The summed E-state index contributed by atoms with van der Waals surface area (Å²) in [5.41, 5.74) is -0.997. The Morgan fingerprint density at radius 3 is 2.08 bits per heavy atom. The van der Waals surface area contributed by atoms with E-state index in [2.05, 4.69) is 6.07 Å². The first-order valence-corrected chi connectivity index (χ1v) is 4.83. The summed E-state index contributed by atoms with van der Waals surface area (Å²) in [6.07, 6.45) is 1.57. The van der Waals surface area contributed by atoms with Gasteiger partial charge in [0.25, 0.3) is 0 Å². The SMILES string of the molecule is CC(C)C1(C#N)CCC(C)(C)C1=O. The summed E-state index contributed by atoms with van der Waals surface area (Å²) in [7, 11) is 0. The molecule has 2 nitrogen and oxygen atoms in total. The minimum absolute atomic E-state index is 0.131. The second-order valence-corrected chi connectivity index (χ2v) is 4.95. The predicted molar refractivity (Wildman–Crippen MR) is 50.9 cm³/mol. The van der Waals surface area contributed by atoms with E-state index in [-0.39, 0.29) is 17.1 Å². The molecule has 0 aromatic heterocycles. The van der Waals surface area contributed by atoms with Crippen LogP contribution in [0.3, 0.4) is 0 Å². The first-order chi connectivity index (χ1) is 5.87. The maximum Gasteiger partial charge on any atom is 0.158 e. The van der Waals surface area contributed by atoms with Gasteiger partial charge in [0.05, 0.1) is 6.07 Å². The molecule has 13 heavy (non-hydrogen) atoms. The van der Waals surface area contributed by atoms with Crippen LogP contribution in [-0.4, -0.2) is 5.78 Å². The Labute approximate surface area is 79.9 Å². The lowest BCUT2D eigenvalue weighted by Gasteiger charge is -2.25. The van der Waals surface area contributed by atoms with Crippen LogP contribution in [0.25, 0.3) is 0 Å². The van der Waals surface area contributed by atoms with Gasteiger partial charge in [0, 0.05) is 5.41 Å². The molecule has 0 saturated heterocycles. The number of carbonyl (C=O) groups is 1. The van der Waals surface area contributed by atoms with E-state index in [4.69, 9.17) is 5.26 Å². The van der Waals surface area contributed by atoms with Crippen LogP contribution in [-0.2, 0) is 4.79 Å². The van der Waals surface area contributed by atoms with E-state index in [0.29, 0.717) is 0 Å². The van der Waals surface area contributed by atoms with E-state index in [1.807, 2.05) is 27.7 Å². The third kappa shape index (κ3) is 1.27. The lowest BCUT2D eigenvalue weighted by atomic mass is 9.73. The number of Topliss-reactive ketones (excluding diaryl/α,β-unsaturated/α-hetero) is 1. The molecule has 1 aliphatic carbocycles. The van der Waals surface area contributed by atoms with Crippen molar-refractivity contribution in [1.82, 2.24) is 0 Å². The smallest absolute Gasteiger partial charge is 0.158 e. The Kier molecular flexibility index (Phi) is 2.23. The first-order valence-electron chi connectivity index (χ1n) is 4.83. The second kappa shape index (κ2) is 2.83. The van der Waals surface area contributed by atoms with Crippen molar-refractivity contribution < 1.29 is 4.79 Å². The van der Waals surface area contributed by atoms with Gasteiger partial charge in [-0.25, -0.2) is 0 Å². The zero-order valence-corrected chi connectivity index (χ0v) is 8.85. The number of nitriles is 1. The van der Waals surface area contributed by atoms with Crippen molar-refractivity contribution in [2.24, 2.45) is 16.7 Å². The Morgan fingerprint density at radius 1 is 1.38 bits per heavy atom. The highest BCUT2D eigenvalue weighted by Crippen LogP contribution is 2.49. The second-order valence-electron chi connectivity index (χ2n) is 4.95. The number of nitrogens with zero attached hydrogens (tertiary/aromatic N) is 1. The van der Waals surface area contributed by atoms with Crippen LogP contribution in [0, 0.1) is 28.1 Å². The zero-order valence-electron chi connectivity index (χ0n) is 8.85. The van der Waals surface area contributed by atoms with Gasteiger partial charge in [0.1, 0.15) is 5.41 Å². The molecule has 1 saturated carbocycles. The predicted octanol–water partition coefficient (Wildman–Crippen LogP) is 2.54.